The Hall–Kier alpha value is -2.38. The SMILES string of the molecule is CCNC(=NCC(OC)c1ccccc1)N1CCN(Cc2ccon2)CC1. The molecule has 1 unspecified atom stereocenters. The van der Waals surface area contributed by atoms with E-state index in [-0.39, 0.29) is 6.10 Å². The topological polar surface area (TPSA) is 66.1 Å². The molecule has 1 N–H and O–H groups in total. The third-order valence-corrected chi connectivity index (χ3v) is 4.75. The molecule has 1 fully saturated rings. The minimum atomic E-state index is -0.0340. The van der Waals surface area contributed by atoms with Gasteiger partial charge in [0.2, 0.25) is 0 Å². The first kappa shape index (κ1) is 19.4. The second kappa shape index (κ2) is 10.1. The molecule has 27 heavy (non-hydrogen) atoms. The van der Waals surface area contributed by atoms with Crippen LogP contribution in [0.4, 0.5) is 0 Å². The quantitative estimate of drug-likeness (QED) is 0.594. The number of ether oxygens (including phenoxy) is 1. The van der Waals surface area contributed by atoms with Crippen LogP contribution >= 0.6 is 0 Å². The average molecular weight is 371 g/mol. The number of nitrogens with one attached hydrogen (secondary N) is 1. The van der Waals surface area contributed by atoms with Gasteiger partial charge in [-0.2, -0.15) is 0 Å². The molecule has 0 spiro atoms. The summed E-state index contributed by atoms with van der Waals surface area (Å²) in [4.78, 5) is 9.55. The standard InChI is InChI=1S/C20H29N5O2/c1-3-21-20(22-15-19(26-2)17-7-5-4-6-8-17)25-12-10-24(11-13-25)16-18-9-14-27-23-18/h4-9,14,19H,3,10-13,15-16H2,1-2H3,(H,21,22). The number of benzene rings is 1. The fraction of sp³-hybridized carbons (Fsp3) is 0.500. The molecule has 7 heteroatoms. The number of aromatic nitrogens is 1. The van der Waals surface area contributed by atoms with E-state index in [4.69, 9.17) is 14.3 Å². The van der Waals surface area contributed by atoms with Crippen molar-refractivity contribution in [1.82, 2.24) is 20.3 Å². The van der Waals surface area contributed by atoms with Gasteiger partial charge in [0, 0.05) is 52.4 Å². The Morgan fingerprint density at radius 1 is 1.22 bits per heavy atom. The highest BCUT2D eigenvalue weighted by molar-refractivity contribution is 5.80. The van der Waals surface area contributed by atoms with E-state index >= 15 is 0 Å². The van der Waals surface area contributed by atoms with Crippen LogP contribution < -0.4 is 5.32 Å². The molecule has 0 aliphatic carbocycles. The van der Waals surface area contributed by atoms with Crippen molar-refractivity contribution in [3.05, 3.63) is 53.9 Å². The number of aliphatic imine (C=N–C) groups is 1. The first-order valence-electron chi connectivity index (χ1n) is 9.52. The maximum atomic E-state index is 5.65. The Labute approximate surface area is 161 Å². The molecule has 2 heterocycles. The lowest BCUT2D eigenvalue weighted by molar-refractivity contribution is 0.110. The molecule has 3 rings (SSSR count). The third-order valence-electron chi connectivity index (χ3n) is 4.75. The molecule has 7 nitrogen and oxygen atoms in total. The molecular weight excluding hydrogens is 342 g/mol. The summed E-state index contributed by atoms with van der Waals surface area (Å²) >= 11 is 0. The zero-order valence-electron chi connectivity index (χ0n) is 16.2. The average Bonchev–Trinajstić information content (AvgIpc) is 3.22. The Balaban J connectivity index is 1.57. The summed E-state index contributed by atoms with van der Waals surface area (Å²) in [5, 5.41) is 7.42. The van der Waals surface area contributed by atoms with E-state index in [2.05, 4.69) is 39.3 Å². The summed E-state index contributed by atoms with van der Waals surface area (Å²) in [6.45, 7) is 8.20. The second-order valence-electron chi connectivity index (χ2n) is 6.58. The van der Waals surface area contributed by atoms with Gasteiger partial charge in [-0.1, -0.05) is 35.5 Å². The number of hydrogen-bond acceptors (Lipinski definition) is 5. The van der Waals surface area contributed by atoms with Crippen molar-refractivity contribution < 1.29 is 9.26 Å². The second-order valence-corrected chi connectivity index (χ2v) is 6.58. The number of methoxy groups -OCH3 is 1. The molecule has 1 aromatic carbocycles. The highest BCUT2D eigenvalue weighted by Crippen LogP contribution is 2.16. The fourth-order valence-electron chi connectivity index (χ4n) is 3.24. The highest BCUT2D eigenvalue weighted by atomic mass is 16.5. The van der Waals surface area contributed by atoms with Crippen molar-refractivity contribution in [2.45, 2.75) is 19.6 Å². The monoisotopic (exact) mass is 371 g/mol. The van der Waals surface area contributed by atoms with Crippen LogP contribution in [0.1, 0.15) is 24.3 Å². The Bertz CT molecular complexity index is 682. The van der Waals surface area contributed by atoms with Gasteiger partial charge in [0.25, 0.3) is 0 Å². The van der Waals surface area contributed by atoms with Gasteiger partial charge in [0.1, 0.15) is 12.4 Å². The molecule has 0 saturated carbocycles. The zero-order chi connectivity index (χ0) is 18.9. The van der Waals surface area contributed by atoms with E-state index < -0.39 is 0 Å². The summed E-state index contributed by atoms with van der Waals surface area (Å²) in [5.74, 6) is 0.955. The predicted octanol–water partition coefficient (Wildman–Crippen LogP) is 2.15. The minimum Gasteiger partial charge on any atom is -0.375 e. The van der Waals surface area contributed by atoms with E-state index in [9.17, 15) is 0 Å². The van der Waals surface area contributed by atoms with E-state index in [1.807, 2.05) is 24.3 Å². The maximum absolute atomic E-state index is 5.65. The Morgan fingerprint density at radius 3 is 2.63 bits per heavy atom. The number of rotatable bonds is 7. The Kier molecular flexibility index (Phi) is 7.24. The third kappa shape index (κ3) is 5.55. The first-order valence-corrected chi connectivity index (χ1v) is 9.52. The van der Waals surface area contributed by atoms with Crippen LogP contribution in [0, 0.1) is 0 Å². The molecule has 1 saturated heterocycles. The van der Waals surface area contributed by atoms with Gasteiger partial charge in [-0.05, 0) is 12.5 Å². The van der Waals surface area contributed by atoms with Gasteiger partial charge >= 0.3 is 0 Å². The Morgan fingerprint density at radius 2 is 2.00 bits per heavy atom. The lowest BCUT2D eigenvalue weighted by atomic mass is 10.1. The number of nitrogens with zero attached hydrogens (tertiary/aromatic N) is 4. The van der Waals surface area contributed by atoms with E-state index in [1.165, 1.54) is 0 Å². The zero-order valence-corrected chi connectivity index (χ0v) is 16.2. The summed E-state index contributed by atoms with van der Waals surface area (Å²) < 4.78 is 10.6. The van der Waals surface area contributed by atoms with Gasteiger partial charge in [-0.3, -0.25) is 9.89 Å². The molecule has 0 amide bonds. The first-order chi connectivity index (χ1) is 13.3. The number of guanidine groups is 1. The molecule has 1 aliphatic rings. The molecule has 0 radical (unpaired) electrons. The van der Waals surface area contributed by atoms with Crippen LogP contribution in [0.5, 0.6) is 0 Å². The largest absolute Gasteiger partial charge is 0.375 e. The van der Waals surface area contributed by atoms with Crippen molar-refractivity contribution in [3.63, 3.8) is 0 Å². The van der Waals surface area contributed by atoms with Crippen molar-refractivity contribution in [1.29, 1.82) is 0 Å². The van der Waals surface area contributed by atoms with Crippen molar-refractivity contribution >= 4 is 5.96 Å². The van der Waals surface area contributed by atoms with Crippen LogP contribution in [0.2, 0.25) is 0 Å². The lowest BCUT2D eigenvalue weighted by Crippen LogP contribution is -2.52. The van der Waals surface area contributed by atoms with Crippen molar-refractivity contribution in [3.8, 4) is 0 Å². The summed E-state index contributed by atoms with van der Waals surface area (Å²) in [7, 11) is 1.74. The normalized spacial score (nSPS) is 17.1. The molecule has 1 aromatic heterocycles. The van der Waals surface area contributed by atoms with Gasteiger partial charge in [-0.25, -0.2) is 0 Å². The molecule has 146 valence electrons. The van der Waals surface area contributed by atoms with E-state index in [1.54, 1.807) is 13.4 Å². The van der Waals surface area contributed by atoms with Gasteiger partial charge in [0.15, 0.2) is 5.96 Å². The van der Waals surface area contributed by atoms with E-state index in [0.29, 0.717) is 6.54 Å². The van der Waals surface area contributed by atoms with Gasteiger partial charge in [-0.15, -0.1) is 0 Å². The van der Waals surface area contributed by atoms with Crippen molar-refractivity contribution in [2.24, 2.45) is 4.99 Å². The smallest absolute Gasteiger partial charge is 0.194 e. The molecule has 0 bridgehead atoms. The van der Waals surface area contributed by atoms with Crippen LogP contribution in [-0.2, 0) is 11.3 Å². The number of hydrogen-bond donors (Lipinski definition) is 1. The summed E-state index contributed by atoms with van der Waals surface area (Å²) in [5.41, 5.74) is 2.13. The lowest BCUT2D eigenvalue weighted by Gasteiger charge is -2.36. The number of piperazine rings is 1. The van der Waals surface area contributed by atoms with Crippen LogP contribution in [0.3, 0.4) is 0 Å². The minimum absolute atomic E-state index is 0.0340. The molecule has 1 aliphatic heterocycles. The summed E-state index contributed by atoms with van der Waals surface area (Å²) in [6, 6.07) is 12.2. The van der Waals surface area contributed by atoms with E-state index in [0.717, 1.165) is 56.5 Å². The molecule has 1 atom stereocenters. The molecule has 2 aromatic rings. The predicted molar refractivity (Wildman–Crippen MR) is 106 cm³/mol. The van der Waals surface area contributed by atoms with Crippen LogP contribution in [0.25, 0.3) is 0 Å². The maximum Gasteiger partial charge on any atom is 0.194 e. The van der Waals surface area contributed by atoms with Crippen LogP contribution in [-0.4, -0.2) is 67.3 Å². The van der Waals surface area contributed by atoms with Gasteiger partial charge < -0.3 is 19.5 Å². The van der Waals surface area contributed by atoms with Gasteiger partial charge in [0.05, 0.1) is 12.2 Å². The molecular formula is C20H29N5O2. The summed E-state index contributed by atoms with van der Waals surface area (Å²) in [6.07, 6.45) is 1.59. The van der Waals surface area contributed by atoms with Crippen LogP contribution in [0.15, 0.2) is 52.2 Å². The fourth-order valence-corrected chi connectivity index (χ4v) is 3.24. The highest BCUT2D eigenvalue weighted by Gasteiger charge is 2.21. The van der Waals surface area contributed by atoms with Crippen molar-refractivity contribution in [2.75, 3.05) is 46.4 Å².